The van der Waals surface area contributed by atoms with Gasteiger partial charge in [0.2, 0.25) is 0 Å². The molecule has 0 saturated carbocycles. The lowest BCUT2D eigenvalue weighted by Crippen LogP contribution is -2.06. The van der Waals surface area contributed by atoms with Crippen LogP contribution in [0.4, 0.5) is 0 Å². The molecule has 1 atom stereocenters. The zero-order valence-corrected chi connectivity index (χ0v) is 8.59. The quantitative estimate of drug-likeness (QED) is 0.676. The topological polar surface area (TPSA) is 26.3 Å². The molecule has 1 aliphatic heterocycles. The summed E-state index contributed by atoms with van der Waals surface area (Å²) in [6.07, 6.45) is 3.26. The minimum Gasteiger partial charge on any atom is -0.434 e. The van der Waals surface area contributed by atoms with Crippen LogP contribution in [0.25, 0.3) is 10.8 Å². The Morgan fingerprint density at radius 1 is 1.00 bits per heavy atom. The Morgan fingerprint density at radius 2 is 1.81 bits per heavy atom. The van der Waals surface area contributed by atoms with Crippen LogP contribution in [0.3, 0.4) is 0 Å². The number of fused-ring (bicyclic) bond motifs is 1. The number of hydrogen-bond acceptors (Lipinski definition) is 2. The van der Waals surface area contributed by atoms with E-state index >= 15 is 0 Å². The van der Waals surface area contributed by atoms with Gasteiger partial charge in [-0.1, -0.05) is 42.5 Å². The molecule has 2 aromatic rings. The molecule has 1 aliphatic rings. The lowest BCUT2D eigenvalue weighted by molar-refractivity contribution is -0.136. The summed E-state index contributed by atoms with van der Waals surface area (Å²) in [6.45, 7) is 0. The van der Waals surface area contributed by atoms with Gasteiger partial charge in [0.15, 0.2) is 0 Å². The van der Waals surface area contributed by atoms with Crippen molar-refractivity contribution in [2.24, 2.45) is 0 Å². The third kappa shape index (κ3) is 1.31. The van der Waals surface area contributed by atoms with Crippen molar-refractivity contribution in [2.45, 2.75) is 5.92 Å². The zero-order valence-electron chi connectivity index (χ0n) is 8.59. The summed E-state index contributed by atoms with van der Waals surface area (Å²) in [5.74, 6) is -0.456. The van der Waals surface area contributed by atoms with Crippen LogP contribution in [0.1, 0.15) is 11.5 Å². The summed E-state index contributed by atoms with van der Waals surface area (Å²) < 4.78 is 4.85. The number of carbonyl (C=O) groups is 1. The van der Waals surface area contributed by atoms with E-state index < -0.39 is 0 Å². The second-order valence-electron chi connectivity index (χ2n) is 3.81. The first kappa shape index (κ1) is 9.16. The first-order chi connectivity index (χ1) is 7.86. The smallest absolute Gasteiger partial charge is 0.322 e. The summed E-state index contributed by atoms with van der Waals surface area (Å²) in [7, 11) is 0. The maximum Gasteiger partial charge on any atom is 0.322 e. The summed E-state index contributed by atoms with van der Waals surface area (Å²) in [6, 6.07) is 14.0. The van der Waals surface area contributed by atoms with Crippen molar-refractivity contribution in [3.05, 3.63) is 60.4 Å². The van der Waals surface area contributed by atoms with E-state index in [4.69, 9.17) is 4.74 Å². The molecule has 0 aromatic heterocycles. The molecule has 0 N–H and O–H groups in total. The summed E-state index contributed by atoms with van der Waals surface area (Å²) in [5.41, 5.74) is 1.01. The van der Waals surface area contributed by atoms with Crippen LogP contribution in [0.5, 0.6) is 0 Å². The summed E-state index contributed by atoms with van der Waals surface area (Å²) in [5, 5.41) is 2.26. The fourth-order valence-electron chi connectivity index (χ4n) is 2.09. The van der Waals surface area contributed by atoms with Gasteiger partial charge in [-0.25, -0.2) is 0 Å². The van der Waals surface area contributed by atoms with Crippen LogP contribution >= 0.6 is 0 Å². The Morgan fingerprint density at radius 3 is 2.62 bits per heavy atom. The first-order valence-corrected chi connectivity index (χ1v) is 5.21. The van der Waals surface area contributed by atoms with Gasteiger partial charge in [-0.05, 0) is 22.4 Å². The third-order valence-corrected chi connectivity index (χ3v) is 2.87. The molecule has 1 unspecified atom stereocenters. The van der Waals surface area contributed by atoms with Gasteiger partial charge in [-0.2, -0.15) is 0 Å². The van der Waals surface area contributed by atoms with Crippen LogP contribution in [0, 0.1) is 0 Å². The summed E-state index contributed by atoms with van der Waals surface area (Å²) >= 11 is 0. The van der Waals surface area contributed by atoms with E-state index in [1.165, 1.54) is 6.26 Å². The number of ether oxygens (including phenoxy) is 1. The molecule has 0 fully saturated rings. The molecule has 2 heteroatoms. The number of hydrogen-bond donors (Lipinski definition) is 0. The minimum absolute atomic E-state index is 0.198. The molecule has 0 bridgehead atoms. The predicted molar refractivity (Wildman–Crippen MR) is 61.9 cm³/mol. The van der Waals surface area contributed by atoms with E-state index in [0.29, 0.717) is 0 Å². The Labute approximate surface area is 93.2 Å². The molecule has 3 rings (SSSR count). The van der Waals surface area contributed by atoms with Crippen molar-refractivity contribution in [3.63, 3.8) is 0 Å². The standard InChI is InChI=1S/C14H10O2/c15-14-13(8-9-16-14)12-7-3-5-10-4-1-2-6-11(10)12/h1-9,13H. The molecule has 78 valence electrons. The van der Waals surface area contributed by atoms with Gasteiger partial charge in [-0.3, -0.25) is 4.79 Å². The third-order valence-electron chi connectivity index (χ3n) is 2.87. The van der Waals surface area contributed by atoms with Crippen LogP contribution in [-0.2, 0) is 9.53 Å². The fourth-order valence-corrected chi connectivity index (χ4v) is 2.09. The number of carbonyl (C=O) groups excluding carboxylic acids is 1. The fraction of sp³-hybridized carbons (Fsp3) is 0.0714. The Balaban J connectivity index is 2.23. The number of rotatable bonds is 1. The molecule has 16 heavy (non-hydrogen) atoms. The molecule has 2 aromatic carbocycles. The van der Waals surface area contributed by atoms with Crippen molar-refractivity contribution in [3.8, 4) is 0 Å². The molecule has 0 aliphatic carbocycles. The highest BCUT2D eigenvalue weighted by Crippen LogP contribution is 2.29. The van der Waals surface area contributed by atoms with Gasteiger partial charge < -0.3 is 4.74 Å². The Hall–Kier alpha value is -2.09. The van der Waals surface area contributed by atoms with Gasteiger partial charge in [0, 0.05) is 0 Å². The number of esters is 1. The minimum atomic E-state index is -0.258. The van der Waals surface area contributed by atoms with E-state index in [0.717, 1.165) is 16.3 Å². The second-order valence-corrected chi connectivity index (χ2v) is 3.81. The van der Waals surface area contributed by atoms with Crippen LogP contribution in [0.2, 0.25) is 0 Å². The monoisotopic (exact) mass is 210 g/mol. The molecule has 2 nitrogen and oxygen atoms in total. The number of benzene rings is 2. The highest BCUT2D eigenvalue weighted by atomic mass is 16.5. The van der Waals surface area contributed by atoms with Crippen LogP contribution in [0.15, 0.2) is 54.8 Å². The summed E-state index contributed by atoms with van der Waals surface area (Å²) in [4.78, 5) is 11.5. The van der Waals surface area contributed by atoms with Crippen molar-refractivity contribution in [2.75, 3.05) is 0 Å². The predicted octanol–water partition coefficient (Wildman–Crippen LogP) is 2.99. The maximum atomic E-state index is 11.5. The van der Waals surface area contributed by atoms with Gasteiger partial charge in [0.05, 0.1) is 6.26 Å². The van der Waals surface area contributed by atoms with E-state index in [9.17, 15) is 4.79 Å². The molecule has 0 radical (unpaired) electrons. The van der Waals surface area contributed by atoms with Crippen LogP contribution in [-0.4, -0.2) is 5.97 Å². The van der Waals surface area contributed by atoms with E-state index in [2.05, 4.69) is 0 Å². The van der Waals surface area contributed by atoms with Crippen molar-refractivity contribution < 1.29 is 9.53 Å². The average Bonchev–Trinajstić information content (AvgIpc) is 2.75. The molecule has 0 amide bonds. The van der Waals surface area contributed by atoms with Gasteiger partial charge >= 0.3 is 5.97 Å². The molecule has 0 saturated heterocycles. The SMILES string of the molecule is O=C1OC=CC1c1cccc2ccccc12. The van der Waals surface area contributed by atoms with Crippen molar-refractivity contribution in [1.82, 2.24) is 0 Å². The largest absolute Gasteiger partial charge is 0.434 e. The first-order valence-electron chi connectivity index (χ1n) is 5.21. The normalized spacial score (nSPS) is 19.0. The highest BCUT2D eigenvalue weighted by Gasteiger charge is 2.24. The zero-order chi connectivity index (χ0) is 11.0. The molecular weight excluding hydrogens is 200 g/mol. The maximum absolute atomic E-state index is 11.5. The second kappa shape index (κ2) is 3.49. The lowest BCUT2D eigenvalue weighted by Gasteiger charge is -2.09. The average molecular weight is 210 g/mol. The van der Waals surface area contributed by atoms with Crippen molar-refractivity contribution >= 4 is 16.7 Å². The Bertz CT molecular complexity index is 579. The van der Waals surface area contributed by atoms with E-state index in [1.54, 1.807) is 6.08 Å². The number of cyclic esters (lactones) is 1. The molecule has 0 spiro atoms. The molecular formula is C14H10O2. The van der Waals surface area contributed by atoms with E-state index in [1.807, 2.05) is 42.5 Å². The van der Waals surface area contributed by atoms with Gasteiger partial charge in [0.1, 0.15) is 5.92 Å². The highest BCUT2D eigenvalue weighted by molar-refractivity contribution is 5.93. The Kier molecular flexibility index (Phi) is 2.00. The van der Waals surface area contributed by atoms with Gasteiger partial charge in [-0.15, -0.1) is 0 Å². The van der Waals surface area contributed by atoms with Gasteiger partial charge in [0.25, 0.3) is 0 Å². The van der Waals surface area contributed by atoms with Crippen molar-refractivity contribution in [1.29, 1.82) is 0 Å². The molecule has 1 heterocycles. The lowest BCUT2D eigenvalue weighted by atomic mass is 9.94. The van der Waals surface area contributed by atoms with Crippen LogP contribution < -0.4 is 0 Å². The van der Waals surface area contributed by atoms with E-state index in [-0.39, 0.29) is 11.9 Å².